The third kappa shape index (κ3) is 3.04. The summed E-state index contributed by atoms with van der Waals surface area (Å²) in [6.45, 7) is 7.39. The van der Waals surface area contributed by atoms with E-state index in [9.17, 15) is 9.59 Å². The smallest absolute Gasteiger partial charge is 0.293 e. The van der Waals surface area contributed by atoms with Crippen molar-refractivity contribution < 1.29 is 9.59 Å². The van der Waals surface area contributed by atoms with Gasteiger partial charge in [-0.05, 0) is 55.8 Å². The van der Waals surface area contributed by atoms with Crippen molar-refractivity contribution in [2.75, 3.05) is 0 Å². The van der Waals surface area contributed by atoms with Crippen LogP contribution in [0.2, 0.25) is 0 Å². The third-order valence-corrected chi connectivity index (χ3v) is 5.18. The molecule has 0 spiro atoms. The largest absolute Gasteiger partial charge is 0.349 e. The minimum atomic E-state index is -0.213. The van der Waals surface area contributed by atoms with Gasteiger partial charge in [-0.3, -0.25) is 14.5 Å². The average molecular weight is 340 g/mol. The summed E-state index contributed by atoms with van der Waals surface area (Å²) >= 11 is 1.02. The van der Waals surface area contributed by atoms with Gasteiger partial charge in [0.05, 0.1) is 11.4 Å². The van der Waals surface area contributed by atoms with Crippen LogP contribution in [-0.4, -0.2) is 20.6 Å². The fraction of sp³-hybridized carbons (Fsp3) is 0.263. The number of thioether (sulfide) groups is 1. The zero-order valence-electron chi connectivity index (χ0n) is 14.1. The van der Waals surface area contributed by atoms with E-state index < -0.39 is 0 Å². The standard InChI is InChI=1S/C19H20N2O2S/c1-4-20-13(2)10-16(14(20)3)11-17-18(22)21(19(23)24-17)12-15-8-6-5-7-9-15/h5-11H,4,12H2,1-3H3/b17-11-. The molecule has 3 rings (SSSR count). The van der Waals surface area contributed by atoms with Crippen molar-refractivity contribution in [1.29, 1.82) is 0 Å². The quantitative estimate of drug-likeness (QED) is 0.777. The van der Waals surface area contributed by atoms with E-state index in [1.807, 2.05) is 43.3 Å². The zero-order chi connectivity index (χ0) is 17.3. The van der Waals surface area contributed by atoms with Gasteiger partial charge in [-0.2, -0.15) is 0 Å². The van der Waals surface area contributed by atoms with Crippen LogP contribution in [0.25, 0.3) is 6.08 Å². The van der Waals surface area contributed by atoms with Crippen molar-refractivity contribution in [2.24, 2.45) is 0 Å². The molecule has 2 amide bonds. The van der Waals surface area contributed by atoms with Crippen LogP contribution in [-0.2, 0) is 17.9 Å². The lowest BCUT2D eigenvalue weighted by molar-refractivity contribution is -0.123. The first-order valence-electron chi connectivity index (χ1n) is 7.97. The summed E-state index contributed by atoms with van der Waals surface area (Å²) < 4.78 is 2.19. The van der Waals surface area contributed by atoms with Gasteiger partial charge in [0.1, 0.15) is 0 Å². The van der Waals surface area contributed by atoms with Crippen LogP contribution < -0.4 is 0 Å². The summed E-state index contributed by atoms with van der Waals surface area (Å²) in [5.41, 5.74) is 4.22. The predicted octanol–water partition coefficient (Wildman–Crippen LogP) is 4.36. The highest BCUT2D eigenvalue weighted by atomic mass is 32.2. The van der Waals surface area contributed by atoms with Crippen LogP contribution >= 0.6 is 11.8 Å². The molecule has 0 bridgehead atoms. The molecule has 4 nitrogen and oxygen atoms in total. The van der Waals surface area contributed by atoms with Crippen LogP contribution in [0.15, 0.2) is 41.3 Å². The molecule has 5 heteroatoms. The van der Waals surface area contributed by atoms with Gasteiger partial charge in [0.25, 0.3) is 11.1 Å². The lowest BCUT2D eigenvalue weighted by Crippen LogP contribution is -2.27. The number of aryl methyl sites for hydroxylation is 1. The van der Waals surface area contributed by atoms with Crippen molar-refractivity contribution >= 4 is 29.0 Å². The van der Waals surface area contributed by atoms with E-state index in [0.717, 1.165) is 40.8 Å². The maximum Gasteiger partial charge on any atom is 0.293 e. The first-order chi connectivity index (χ1) is 11.5. The number of amides is 2. The Morgan fingerprint density at radius 2 is 1.83 bits per heavy atom. The normalized spacial score (nSPS) is 16.5. The first-order valence-corrected chi connectivity index (χ1v) is 8.79. The Labute approximate surface area is 146 Å². The maximum absolute atomic E-state index is 12.6. The van der Waals surface area contributed by atoms with E-state index in [2.05, 4.69) is 24.5 Å². The molecule has 1 aromatic heterocycles. The van der Waals surface area contributed by atoms with E-state index >= 15 is 0 Å². The Balaban J connectivity index is 1.86. The van der Waals surface area contributed by atoms with Crippen LogP contribution in [0.5, 0.6) is 0 Å². The number of hydrogen-bond acceptors (Lipinski definition) is 3. The molecule has 0 unspecified atom stereocenters. The van der Waals surface area contributed by atoms with Crippen molar-refractivity contribution in [3.05, 3.63) is 63.8 Å². The van der Waals surface area contributed by atoms with Gasteiger partial charge in [-0.15, -0.1) is 0 Å². The Hall–Kier alpha value is -2.27. The van der Waals surface area contributed by atoms with E-state index in [1.165, 1.54) is 4.90 Å². The highest BCUT2D eigenvalue weighted by molar-refractivity contribution is 8.18. The highest BCUT2D eigenvalue weighted by Crippen LogP contribution is 2.34. The summed E-state index contributed by atoms with van der Waals surface area (Å²) in [6.07, 6.45) is 1.84. The Bertz CT molecular complexity index is 821. The van der Waals surface area contributed by atoms with Crippen molar-refractivity contribution in [2.45, 2.75) is 33.9 Å². The summed E-state index contributed by atoms with van der Waals surface area (Å²) in [5, 5.41) is -0.209. The minimum Gasteiger partial charge on any atom is -0.349 e. The number of hydrogen-bond donors (Lipinski definition) is 0. The van der Waals surface area contributed by atoms with Crippen LogP contribution in [0.3, 0.4) is 0 Å². The van der Waals surface area contributed by atoms with Gasteiger partial charge in [0.15, 0.2) is 0 Å². The SMILES string of the molecule is CCn1c(C)cc(/C=C2\SC(=O)N(Cc3ccccc3)C2=O)c1C. The second kappa shape index (κ2) is 6.69. The molecule has 0 radical (unpaired) electrons. The van der Waals surface area contributed by atoms with E-state index in [-0.39, 0.29) is 11.1 Å². The fourth-order valence-corrected chi connectivity index (χ4v) is 3.83. The van der Waals surface area contributed by atoms with E-state index in [0.29, 0.717) is 11.4 Å². The number of rotatable bonds is 4. The van der Waals surface area contributed by atoms with Crippen LogP contribution in [0.1, 0.15) is 29.4 Å². The van der Waals surface area contributed by atoms with Gasteiger partial charge >= 0.3 is 0 Å². The first kappa shape index (κ1) is 16.6. The predicted molar refractivity (Wildman–Crippen MR) is 97.5 cm³/mol. The van der Waals surface area contributed by atoms with Crippen molar-refractivity contribution in [3.8, 4) is 0 Å². The topological polar surface area (TPSA) is 42.3 Å². The van der Waals surface area contributed by atoms with Gasteiger partial charge in [-0.1, -0.05) is 30.3 Å². The Morgan fingerprint density at radius 3 is 2.46 bits per heavy atom. The van der Waals surface area contributed by atoms with E-state index in [1.54, 1.807) is 0 Å². The second-order valence-corrected chi connectivity index (χ2v) is 6.82. The molecule has 2 aromatic rings. The molecule has 0 atom stereocenters. The van der Waals surface area contributed by atoms with Crippen molar-refractivity contribution in [3.63, 3.8) is 0 Å². The molecule has 24 heavy (non-hydrogen) atoms. The Kier molecular flexibility index (Phi) is 4.62. The van der Waals surface area contributed by atoms with Crippen LogP contribution in [0, 0.1) is 13.8 Å². The van der Waals surface area contributed by atoms with E-state index in [4.69, 9.17) is 0 Å². The summed E-state index contributed by atoms with van der Waals surface area (Å²) in [6, 6.07) is 11.6. The number of benzene rings is 1. The molecular weight excluding hydrogens is 320 g/mol. The summed E-state index contributed by atoms with van der Waals surface area (Å²) in [4.78, 5) is 26.6. The molecule has 0 aliphatic carbocycles. The molecule has 0 N–H and O–H groups in total. The highest BCUT2D eigenvalue weighted by Gasteiger charge is 2.35. The number of imide groups is 1. The van der Waals surface area contributed by atoms with Gasteiger partial charge < -0.3 is 4.57 Å². The Morgan fingerprint density at radius 1 is 1.12 bits per heavy atom. The number of aromatic nitrogens is 1. The molecule has 1 fully saturated rings. The fourth-order valence-electron chi connectivity index (χ4n) is 3.00. The zero-order valence-corrected chi connectivity index (χ0v) is 14.9. The van der Waals surface area contributed by atoms with Gasteiger partial charge in [0.2, 0.25) is 0 Å². The number of nitrogens with zero attached hydrogens (tertiary/aromatic N) is 2. The lowest BCUT2D eigenvalue weighted by atomic mass is 10.2. The molecule has 0 saturated carbocycles. The van der Waals surface area contributed by atoms with Crippen LogP contribution in [0.4, 0.5) is 4.79 Å². The molecule has 1 aliphatic rings. The molecule has 124 valence electrons. The molecule has 1 aromatic carbocycles. The average Bonchev–Trinajstić information content (AvgIpc) is 2.99. The lowest BCUT2D eigenvalue weighted by Gasteiger charge is -2.12. The summed E-state index contributed by atoms with van der Waals surface area (Å²) in [5.74, 6) is -0.213. The monoisotopic (exact) mass is 340 g/mol. The molecule has 1 saturated heterocycles. The maximum atomic E-state index is 12.6. The minimum absolute atomic E-state index is 0.209. The number of carbonyl (C=O) groups excluding carboxylic acids is 2. The second-order valence-electron chi connectivity index (χ2n) is 5.82. The molecule has 2 heterocycles. The molecule has 1 aliphatic heterocycles. The molecular formula is C19H20N2O2S. The number of carbonyl (C=O) groups is 2. The van der Waals surface area contributed by atoms with Crippen molar-refractivity contribution in [1.82, 2.24) is 9.47 Å². The third-order valence-electron chi connectivity index (χ3n) is 4.27. The van der Waals surface area contributed by atoms with Gasteiger partial charge in [-0.25, -0.2) is 0 Å². The summed E-state index contributed by atoms with van der Waals surface area (Å²) in [7, 11) is 0. The van der Waals surface area contributed by atoms with Gasteiger partial charge in [0, 0.05) is 17.9 Å².